The van der Waals surface area contributed by atoms with Crippen LogP contribution in [0, 0.1) is 6.11 Å². The Morgan fingerprint density at radius 3 is 2.20 bits per heavy atom. The lowest BCUT2D eigenvalue weighted by molar-refractivity contribution is -0.504. The minimum absolute atomic E-state index is 0.178. The zero-order valence-electron chi connectivity index (χ0n) is 13.8. The topological polar surface area (TPSA) is 5.90 Å². The van der Waals surface area contributed by atoms with Gasteiger partial charge in [-0.2, -0.15) is 0 Å². The largest absolute Gasteiger partial charge is 0.330 e. The Balaban J connectivity index is 1.74. The molecule has 0 atom stereocenters. The maximum Gasteiger partial charge on any atom is 0.238 e. The average molecular weight is 317 g/mol. The summed E-state index contributed by atoms with van der Waals surface area (Å²) in [6.45, 7) is 0.178. The van der Waals surface area contributed by atoms with E-state index in [2.05, 4.69) is 107 Å². The van der Waals surface area contributed by atoms with E-state index in [1.807, 2.05) is 0 Å². The standard InChI is InChI=1S/C23H16BN/c1-3-9-18(10-4-1)20-13-7-14-21-23-16-8-15-22(25(23)17-24(20)21)19-11-5-2-6-12-19/h1-16H. The number of hydrogen-bond donors (Lipinski definition) is 0. The summed E-state index contributed by atoms with van der Waals surface area (Å²) in [7, 11) is 0. The number of nitrogens with zero attached hydrogens (tertiary/aromatic N) is 1. The molecule has 0 unspecified atom stereocenters. The van der Waals surface area contributed by atoms with E-state index in [4.69, 9.17) is 0 Å². The van der Waals surface area contributed by atoms with Crippen LogP contribution in [-0.2, 0) is 0 Å². The zero-order chi connectivity index (χ0) is 16.6. The monoisotopic (exact) mass is 317 g/mol. The molecule has 1 nitrogen and oxygen atoms in total. The number of pyridine rings is 1. The third-order valence-corrected chi connectivity index (χ3v) is 4.89. The van der Waals surface area contributed by atoms with Crippen molar-refractivity contribution in [1.29, 1.82) is 0 Å². The Morgan fingerprint density at radius 2 is 1.44 bits per heavy atom. The van der Waals surface area contributed by atoms with E-state index in [1.165, 1.54) is 33.1 Å². The molecule has 1 aromatic heterocycles. The van der Waals surface area contributed by atoms with Gasteiger partial charge in [-0.25, -0.2) is 0 Å². The Bertz CT molecular complexity index is 1130. The quantitative estimate of drug-likeness (QED) is 0.388. The molecule has 0 N–H and O–H groups in total. The van der Waals surface area contributed by atoms with E-state index in [-0.39, 0.29) is 6.71 Å². The van der Waals surface area contributed by atoms with Crippen molar-refractivity contribution in [3.05, 3.63) is 114 Å². The van der Waals surface area contributed by atoms with Crippen LogP contribution in [0.15, 0.2) is 97.1 Å². The van der Waals surface area contributed by atoms with Gasteiger partial charge in [-0.1, -0.05) is 95.9 Å². The van der Waals surface area contributed by atoms with Gasteiger partial charge < -0.3 is 4.24 Å². The van der Waals surface area contributed by atoms with E-state index in [0.717, 1.165) is 0 Å². The molecule has 0 radical (unpaired) electrons. The molecule has 3 heterocycles. The molecule has 0 bridgehead atoms. The van der Waals surface area contributed by atoms with Crippen LogP contribution in [0.2, 0.25) is 0 Å². The van der Waals surface area contributed by atoms with Crippen LogP contribution in [0.3, 0.4) is 0 Å². The van der Waals surface area contributed by atoms with E-state index in [0.29, 0.717) is 0 Å². The number of hydrogen-bond acceptors (Lipinski definition) is 0. The summed E-state index contributed by atoms with van der Waals surface area (Å²) in [5.74, 6) is 0. The van der Waals surface area contributed by atoms with Crippen LogP contribution in [-0.4, -0.2) is 6.71 Å². The van der Waals surface area contributed by atoms with Gasteiger partial charge in [0.2, 0.25) is 6.71 Å². The van der Waals surface area contributed by atoms with Crippen molar-refractivity contribution >= 4 is 17.7 Å². The van der Waals surface area contributed by atoms with Crippen LogP contribution >= 0.6 is 0 Å². The third kappa shape index (κ3) is 2.30. The first kappa shape index (κ1) is 14.2. The van der Waals surface area contributed by atoms with Gasteiger partial charge in [0.25, 0.3) is 0 Å². The second-order valence-electron chi connectivity index (χ2n) is 6.36. The van der Waals surface area contributed by atoms with Gasteiger partial charge in [0, 0.05) is 0 Å². The zero-order valence-corrected chi connectivity index (χ0v) is 13.8. The first-order valence-electron chi connectivity index (χ1n) is 8.60. The number of allylic oxidation sites excluding steroid dienone is 3. The molecule has 0 spiro atoms. The normalized spacial score (nSPS) is 14.6. The highest BCUT2D eigenvalue weighted by molar-refractivity contribution is 6.96. The first-order valence-corrected chi connectivity index (χ1v) is 8.60. The van der Waals surface area contributed by atoms with Crippen LogP contribution in [0.4, 0.5) is 0 Å². The fourth-order valence-corrected chi connectivity index (χ4v) is 3.72. The van der Waals surface area contributed by atoms with Crippen molar-refractivity contribution in [3.63, 3.8) is 0 Å². The molecular formula is C23H16BN. The summed E-state index contributed by atoms with van der Waals surface area (Å²) in [4.78, 5) is 0. The molecule has 0 saturated carbocycles. The Hall–Kier alpha value is -3.13. The Morgan fingerprint density at radius 1 is 0.720 bits per heavy atom. The smallest absolute Gasteiger partial charge is 0.238 e. The van der Waals surface area contributed by atoms with Crippen molar-refractivity contribution in [2.75, 3.05) is 0 Å². The number of benzene rings is 2. The van der Waals surface area contributed by atoms with Crippen molar-refractivity contribution < 1.29 is 4.24 Å². The highest BCUT2D eigenvalue weighted by Gasteiger charge is 2.28. The minimum atomic E-state index is 0.178. The lowest BCUT2D eigenvalue weighted by atomic mass is 9.39. The molecule has 3 aromatic rings. The van der Waals surface area contributed by atoms with E-state index in [9.17, 15) is 0 Å². The van der Waals surface area contributed by atoms with Gasteiger partial charge in [-0.15, -0.1) is 0 Å². The van der Waals surface area contributed by atoms with Gasteiger partial charge in [0.05, 0.1) is 11.5 Å². The summed E-state index contributed by atoms with van der Waals surface area (Å²) in [5.41, 5.74) is 6.28. The lowest BCUT2D eigenvalue weighted by Crippen LogP contribution is -2.36. The van der Waals surface area contributed by atoms with Crippen molar-refractivity contribution in [1.82, 2.24) is 0 Å². The summed E-state index contributed by atoms with van der Waals surface area (Å²) in [6, 6.07) is 27.6. The second-order valence-corrected chi connectivity index (χ2v) is 6.36. The number of rotatable bonds is 2. The molecule has 25 heavy (non-hydrogen) atoms. The molecule has 0 aliphatic carbocycles. The van der Waals surface area contributed by atoms with Gasteiger partial charge in [-0.05, 0) is 23.3 Å². The van der Waals surface area contributed by atoms with E-state index >= 15 is 0 Å². The predicted octanol–water partition coefficient (Wildman–Crippen LogP) is 3.46. The Labute approximate surface area is 147 Å². The predicted molar refractivity (Wildman–Crippen MR) is 103 cm³/mol. The van der Waals surface area contributed by atoms with E-state index in [1.54, 1.807) is 0 Å². The molecule has 2 aliphatic rings. The highest BCUT2D eigenvalue weighted by atomic mass is 14.8. The summed E-state index contributed by atoms with van der Waals surface area (Å²) in [5, 5.41) is 1.23. The Kier molecular flexibility index (Phi) is 3.27. The first-order chi connectivity index (χ1) is 12.4. The van der Waals surface area contributed by atoms with Crippen LogP contribution < -0.4 is 9.59 Å². The fourth-order valence-electron chi connectivity index (χ4n) is 3.72. The van der Waals surface area contributed by atoms with Crippen molar-refractivity contribution in [2.45, 2.75) is 0 Å². The van der Waals surface area contributed by atoms with Crippen LogP contribution in [0.5, 0.6) is 0 Å². The van der Waals surface area contributed by atoms with Gasteiger partial charge in [-0.3, -0.25) is 0 Å². The molecule has 0 amide bonds. The molecule has 0 fully saturated rings. The molecule has 2 aliphatic heterocycles. The highest BCUT2D eigenvalue weighted by Crippen LogP contribution is 2.27. The van der Waals surface area contributed by atoms with Gasteiger partial charge >= 0.3 is 0 Å². The fraction of sp³-hybridized carbons (Fsp3) is 0. The van der Waals surface area contributed by atoms with Gasteiger partial charge in [0.15, 0.2) is 0 Å². The third-order valence-electron chi connectivity index (χ3n) is 4.89. The lowest BCUT2D eigenvalue weighted by Gasteiger charge is -2.15. The van der Waals surface area contributed by atoms with E-state index < -0.39 is 0 Å². The average Bonchev–Trinajstić information content (AvgIpc) is 3.08. The van der Waals surface area contributed by atoms with Crippen molar-refractivity contribution in [2.24, 2.45) is 0 Å². The maximum atomic E-state index is 3.71. The minimum Gasteiger partial charge on any atom is -0.330 e. The summed E-state index contributed by atoms with van der Waals surface area (Å²) >= 11 is 0. The number of aromatic nitrogens is 1. The molecule has 2 aromatic carbocycles. The molecule has 116 valence electrons. The van der Waals surface area contributed by atoms with Crippen LogP contribution in [0.25, 0.3) is 22.2 Å². The second kappa shape index (κ2) is 5.75. The molecule has 5 rings (SSSR count). The SMILES string of the molecule is [C-]1=[n+]2c(-c3ccccc3)cccc2=C2C=CC=C(c3ccccc3)B12. The number of fused-ring (bicyclic) bond motifs is 2. The summed E-state index contributed by atoms with van der Waals surface area (Å²) < 4.78 is 2.22. The van der Waals surface area contributed by atoms with Crippen molar-refractivity contribution in [3.8, 4) is 11.3 Å². The maximum absolute atomic E-state index is 3.71. The van der Waals surface area contributed by atoms with Gasteiger partial charge in [0.1, 0.15) is 5.69 Å². The molecule has 2 heteroatoms. The van der Waals surface area contributed by atoms with Crippen LogP contribution in [0.1, 0.15) is 5.56 Å². The molecular weight excluding hydrogens is 301 g/mol. The molecule has 0 saturated heterocycles. The summed E-state index contributed by atoms with van der Waals surface area (Å²) in [6.07, 6.45) is 10.3.